The quantitative estimate of drug-likeness (QED) is 0.107. The molecular weight excluding hydrogens is 562 g/mol. The second-order valence-corrected chi connectivity index (χ2v) is 11.7. The predicted molar refractivity (Wildman–Crippen MR) is 170 cm³/mol. The minimum atomic E-state index is -0.985. The molecule has 2 N–H and O–H groups in total. The number of nitrogens with zero attached hydrogens (tertiary/aromatic N) is 1. The molecule has 1 atom stereocenters. The zero-order chi connectivity index (χ0) is 31.4. The van der Waals surface area contributed by atoms with Crippen molar-refractivity contribution >= 4 is 29.3 Å². The molecule has 0 radical (unpaired) electrons. The Morgan fingerprint density at radius 2 is 1.30 bits per heavy atom. The molecule has 0 aromatic heterocycles. The van der Waals surface area contributed by atoms with Crippen molar-refractivity contribution < 1.29 is 33.4 Å². The molecule has 1 unspecified atom stereocenters. The number of carbonyl (C=O) groups is 4. The third-order valence-corrected chi connectivity index (χ3v) is 8.17. The van der Waals surface area contributed by atoms with Crippen LogP contribution in [0.15, 0.2) is 18.2 Å². The van der Waals surface area contributed by atoms with Gasteiger partial charge in [-0.2, -0.15) is 0 Å². The molecule has 3 rings (SSSR count). The third kappa shape index (κ3) is 11.9. The number of hydrogen-bond donors (Lipinski definition) is 2. The molecule has 10 nitrogen and oxygen atoms in total. The Hall–Kier alpha value is -2.82. The topological polar surface area (TPSA) is 123 Å². The van der Waals surface area contributed by atoms with Crippen LogP contribution in [0.2, 0.25) is 0 Å². The standard InChI is InChI=1S/C34H53N3O7/c1-2-3-4-5-6-7-8-9-10-11-12-13-14-21-42-23-25-44-26-24-43-22-20-35-28-17-15-16-27-31(28)34(41)37(33(27)40)29-18-19-30(38)36-32(29)39/h15-17,29,35H,2-14,18-26H2,1H3,(H,36,38,39). The first-order valence-electron chi connectivity index (χ1n) is 16.9. The van der Waals surface area contributed by atoms with Gasteiger partial charge in [-0.15, -0.1) is 0 Å². The lowest BCUT2D eigenvalue weighted by molar-refractivity contribution is -0.136. The number of unbranched alkanes of at least 4 members (excludes halogenated alkanes) is 12. The fourth-order valence-electron chi connectivity index (χ4n) is 5.68. The van der Waals surface area contributed by atoms with Crippen LogP contribution in [0.1, 0.15) is 124 Å². The largest absolute Gasteiger partial charge is 0.382 e. The normalized spacial score (nSPS) is 16.5. The number of imide groups is 2. The third-order valence-electron chi connectivity index (χ3n) is 8.17. The maximum Gasteiger partial charge on any atom is 0.264 e. The van der Waals surface area contributed by atoms with E-state index in [0.717, 1.165) is 17.9 Å². The summed E-state index contributed by atoms with van der Waals surface area (Å²) in [5, 5.41) is 5.37. The number of ether oxygens (including phenoxy) is 3. The number of nitrogens with one attached hydrogen (secondary N) is 2. The zero-order valence-electron chi connectivity index (χ0n) is 26.7. The molecule has 1 saturated heterocycles. The summed E-state index contributed by atoms with van der Waals surface area (Å²) < 4.78 is 16.9. The summed E-state index contributed by atoms with van der Waals surface area (Å²) in [4.78, 5) is 50.8. The van der Waals surface area contributed by atoms with Crippen molar-refractivity contribution in [1.82, 2.24) is 10.2 Å². The van der Waals surface area contributed by atoms with Gasteiger partial charge in [0.1, 0.15) is 6.04 Å². The molecule has 1 aromatic carbocycles. The van der Waals surface area contributed by atoms with Crippen LogP contribution >= 0.6 is 0 Å². The van der Waals surface area contributed by atoms with Crippen LogP contribution in [0.5, 0.6) is 0 Å². The minimum absolute atomic E-state index is 0.0858. The highest BCUT2D eigenvalue weighted by Crippen LogP contribution is 2.32. The van der Waals surface area contributed by atoms with E-state index in [0.29, 0.717) is 45.3 Å². The molecular formula is C34H53N3O7. The molecule has 0 bridgehead atoms. The number of fused-ring (bicyclic) bond motifs is 1. The van der Waals surface area contributed by atoms with E-state index in [1.165, 1.54) is 77.0 Å². The first-order valence-corrected chi connectivity index (χ1v) is 16.9. The number of anilines is 1. The van der Waals surface area contributed by atoms with Gasteiger partial charge >= 0.3 is 0 Å². The van der Waals surface area contributed by atoms with Crippen molar-refractivity contribution in [2.24, 2.45) is 0 Å². The van der Waals surface area contributed by atoms with Crippen molar-refractivity contribution in [3.63, 3.8) is 0 Å². The average Bonchev–Trinajstić information content (AvgIpc) is 3.27. The number of piperidine rings is 1. The monoisotopic (exact) mass is 615 g/mol. The van der Waals surface area contributed by atoms with E-state index in [1.807, 2.05) is 0 Å². The molecule has 1 aromatic rings. The van der Waals surface area contributed by atoms with E-state index in [4.69, 9.17) is 14.2 Å². The van der Waals surface area contributed by atoms with Crippen LogP contribution in [0.25, 0.3) is 0 Å². The summed E-state index contributed by atoms with van der Waals surface area (Å²) in [5.74, 6) is -2.08. The molecule has 0 aliphatic carbocycles. The van der Waals surface area contributed by atoms with Crippen LogP contribution in [0.3, 0.4) is 0 Å². The van der Waals surface area contributed by atoms with Crippen molar-refractivity contribution in [1.29, 1.82) is 0 Å². The molecule has 2 heterocycles. The highest BCUT2D eigenvalue weighted by Gasteiger charge is 2.45. The van der Waals surface area contributed by atoms with Crippen LogP contribution in [0, 0.1) is 0 Å². The molecule has 4 amide bonds. The summed E-state index contributed by atoms with van der Waals surface area (Å²) in [6.45, 7) is 5.90. The van der Waals surface area contributed by atoms with Gasteiger partial charge in [-0.25, -0.2) is 0 Å². The van der Waals surface area contributed by atoms with Crippen molar-refractivity contribution in [3.05, 3.63) is 29.3 Å². The Balaban J connectivity index is 1.14. The Kier molecular flexibility index (Phi) is 17.0. The van der Waals surface area contributed by atoms with E-state index in [-0.39, 0.29) is 24.0 Å². The van der Waals surface area contributed by atoms with Crippen LogP contribution in [-0.2, 0) is 23.8 Å². The summed E-state index contributed by atoms with van der Waals surface area (Å²) in [7, 11) is 0. The first-order chi connectivity index (χ1) is 21.5. The Morgan fingerprint density at radius 3 is 1.91 bits per heavy atom. The van der Waals surface area contributed by atoms with Gasteiger partial charge < -0.3 is 19.5 Å². The van der Waals surface area contributed by atoms with Gasteiger partial charge in [-0.1, -0.05) is 90.0 Å². The van der Waals surface area contributed by atoms with Gasteiger partial charge in [-0.05, 0) is 25.0 Å². The van der Waals surface area contributed by atoms with Crippen LogP contribution < -0.4 is 10.6 Å². The molecule has 1 fully saturated rings. The highest BCUT2D eigenvalue weighted by atomic mass is 16.5. The lowest BCUT2D eigenvalue weighted by Gasteiger charge is -2.27. The van der Waals surface area contributed by atoms with Gasteiger partial charge in [0.25, 0.3) is 11.8 Å². The van der Waals surface area contributed by atoms with Gasteiger partial charge in [0, 0.05) is 25.3 Å². The maximum absolute atomic E-state index is 13.1. The van der Waals surface area contributed by atoms with Crippen molar-refractivity contribution in [2.75, 3.05) is 51.5 Å². The van der Waals surface area contributed by atoms with Crippen molar-refractivity contribution in [3.8, 4) is 0 Å². The van der Waals surface area contributed by atoms with E-state index in [2.05, 4.69) is 17.6 Å². The lowest BCUT2D eigenvalue weighted by atomic mass is 10.0. The second-order valence-electron chi connectivity index (χ2n) is 11.7. The van der Waals surface area contributed by atoms with Gasteiger partial charge in [0.2, 0.25) is 11.8 Å². The Bertz CT molecular complexity index is 1050. The van der Waals surface area contributed by atoms with E-state index in [1.54, 1.807) is 18.2 Å². The molecule has 2 aliphatic heterocycles. The van der Waals surface area contributed by atoms with E-state index >= 15 is 0 Å². The smallest absolute Gasteiger partial charge is 0.264 e. The minimum Gasteiger partial charge on any atom is -0.382 e. The fraction of sp³-hybridized carbons (Fsp3) is 0.706. The Labute approximate surface area is 262 Å². The molecule has 44 heavy (non-hydrogen) atoms. The molecule has 10 heteroatoms. The molecule has 2 aliphatic rings. The highest BCUT2D eigenvalue weighted by molar-refractivity contribution is 6.25. The molecule has 246 valence electrons. The summed E-state index contributed by atoms with van der Waals surface area (Å²) in [5.41, 5.74) is 0.996. The van der Waals surface area contributed by atoms with Crippen LogP contribution in [0.4, 0.5) is 5.69 Å². The summed E-state index contributed by atoms with van der Waals surface area (Å²) in [6.07, 6.45) is 17.7. The maximum atomic E-state index is 13.1. The van der Waals surface area contributed by atoms with Gasteiger partial charge in [0.05, 0.1) is 44.2 Å². The van der Waals surface area contributed by atoms with Crippen LogP contribution in [-0.4, -0.2) is 80.8 Å². The van der Waals surface area contributed by atoms with E-state index < -0.39 is 29.7 Å². The number of rotatable bonds is 25. The van der Waals surface area contributed by atoms with Gasteiger partial charge in [0.15, 0.2) is 0 Å². The zero-order valence-corrected chi connectivity index (χ0v) is 26.7. The number of carbonyl (C=O) groups excluding carboxylic acids is 4. The Morgan fingerprint density at radius 1 is 0.727 bits per heavy atom. The SMILES string of the molecule is CCCCCCCCCCCCCCCOCCOCCOCCNc1cccc2c1C(=O)N(C1CCC(=O)NC1=O)C2=O. The lowest BCUT2D eigenvalue weighted by Crippen LogP contribution is -2.54. The number of benzene rings is 1. The summed E-state index contributed by atoms with van der Waals surface area (Å²) >= 11 is 0. The second kappa shape index (κ2) is 21.0. The number of hydrogen-bond acceptors (Lipinski definition) is 8. The summed E-state index contributed by atoms with van der Waals surface area (Å²) in [6, 6.07) is 4.00. The van der Waals surface area contributed by atoms with E-state index in [9.17, 15) is 19.2 Å². The van der Waals surface area contributed by atoms with Gasteiger partial charge in [-0.3, -0.25) is 29.4 Å². The number of amides is 4. The molecule has 0 saturated carbocycles. The first kappa shape index (κ1) is 35.7. The predicted octanol–water partition coefficient (Wildman–Crippen LogP) is 5.64. The average molecular weight is 616 g/mol. The molecule has 0 spiro atoms. The van der Waals surface area contributed by atoms with Crippen molar-refractivity contribution in [2.45, 2.75) is 109 Å². The fourth-order valence-corrected chi connectivity index (χ4v) is 5.68.